The fourth-order valence-corrected chi connectivity index (χ4v) is 2.69. The van der Waals surface area contributed by atoms with Gasteiger partial charge < -0.3 is 5.73 Å². The molecule has 0 spiro atoms. The van der Waals surface area contributed by atoms with Gasteiger partial charge in [0.25, 0.3) is 0 Å². The molecule has 2 aromatic rings. The number of hydrogen-bond donors (Lipinski definition) is 1. The highest BCUT2D eigenvalue weighted by Crippen LogP contribution is 2.26. The molecule has 2 nitrogen and oxygen atoms in total. The van der Waals surface area contributed by atoms with Crippen LogP contribution in [-0.2, 0) is 6.42 Å². The number of aryl methyl sites for hydroxylation is 3. The third-order valence-electron chi connectivity index (χ3n) is 3.06. The van der Waals surface area contributed by atoms with E-state index in [4.69, 9.17) is 5.73 Å². The molecule has 0 aliphatic rings. The van der Waals surface area contributed by atoms with Gasteiger partial charge in [-0.15, -0.1) is 11.3 Å². The smallest absolute Gasteiger partial charge is 0.114 e. The molecule has 0 fully saturated rings. The second-order valence-electron chi connectivity index (χ2n) is 4.27. The molecule has 17 heavy (non-hydrogen) atoms. The van der Waals surface area contributed by atoms with Crippen LogP contribution in [0.5, 0.6) is 0 Å². The SMILES string of the molecule is CCc1ccc(C(N)c2nc(C)c(C)s2)cc1. The number of rotatable bonds is 3. The Labute approximate surface area is 107 Å². The number of thiazole rings is 1. The van der Waals surface area contributed by atoms with E-state index >= 15 is 0 Å². The summed E-state index contributed by atoms with van der Waals surface area (Å²) in [5, 5.41) is 1.00. The zero-order chi connectivity index (χ0) is 12.4. The highest BCUT2D eigenvalue weighted by Gasteiger charge is 2.14. The Bertz CT molecular complexity index is 480. The van der Waals surface area contributed by atoms with Crippen LogP contribution in [0.15, 0.2) is 24.3 Å². The van der Waals surface area contributed by atoms with E-state index in [0.717, 1.165) is 22.7 Å². The zero-order valence-electron chi connectivity index (χ0n) is 10.5. The Morgan fingerprint density at radius 3 is 2.35 bits per heavy atom. The predicted octanol–water partition coefficient (Wildman–Crippen LogP) is 3.37. The third-order valence-corrected chi connectivity index (χ3v) is 4.21. The number of hydrogen-bond acceptors (Lipinski definition) is 3. The first-order chi connectivity index (χ1) is 8.11. The molecule has 3 heteroatoms. The summed E-state index contributed by atoms with van der Waals surface area (Å²) in [5.74, 6) is 0. The summed E-state index contributed by atoms with van der Waals surface area (Å²) in [5.41, 5.74) is 9.80. The predicted molar refractivity (Wildman–Crippen MR) is 73.4 cm³/mol. The Morgan fingerprint density at radius 2 is 1.88 bits per heavy atom. The maximum absolute atomic E-state index is 6.24. The van der Waals surface area contributed by atoms with Gasteiger partial charge in [0.15, 0.2) is 0 Å². The summed E-state index contributed by atoms with van der Waals surface area (Å²) < 4.78 is 0. The van der Waals surface area contributed by atoms with Crippen molar-refractivity contribution in [1.82, 2.24) is 4.98 Å². The number of nitrogens with two attached hydrogens (primary N) is 1. The number of benzene rings is 1. The molecule has 0 saturated carbocycles. The minimum atomic E-state index is -0.0988. The molecule has 0 amide bonds. The number of aromatic nitrogens is 1. The maximum Gasteiger partial charge on any atom is 0.114 e. The van der Waals surface area contributed by atoms with Crippen molar-refractivity contribution in [2.45, 2.75) is 33.2 Å². The first kappa shape index (κ1) is 12.3. The molecule has 0 aliphatic carbocycles. The third kappa shape index (κ3) is 2.56. The van der Waals surface area contributed by atoms with E-state index in [1.807, 2.05) is 6.92 Å². The molecule has 0 aliphatic heterocycles. The standard InChI is InChI=1S/C14H18N2S/c1-4-11-5-7-12(8-6-11)13(15)14-16-9(2)10(3)17-14/h5-8,13H,4,15H2,1-3H3. The quantitative estimate of drug-likeness (QED) is 0.901. The van der Waals surface area contributed by atoms with Crippen molar-refractivity contribution >= 4 is 11.3 Å². The fourth-order valence-electron chi connectivity index (χ4n) is 1.73. The van der Waals surface area contributed by atoms with Crippen molar-refractivity contribution in [3.8, 4) is 0 Å². The normalized spacial score (nSPS) is 12.7. The molecular weight excluding hydrogens is 228 g/mol. The van der Waals surface area contributed by atoms with Crippen LogP contribution in [0.2, 0.25) is 0 Å². The van der Waals surface area contributed by atoms with Gasteiger partial charge in [0.2, 0.25) is 0 Å². The highest BCUT2D eigenvalue weighted by atomic mass is 32.1. The molecule has 1 unspecified atom stereocenters. The van der Waals surface area contributed by atoms with Crippen LogP contribution in [0.25, 0.3) is 0 Å². The van der Waals surface area contributed by atoms with E-state index in [0.29, 0.717) is 0 Å². The Morgan fingerprint density at radius 1 is 1.24 bits per heavy atom. The van der Waals surface area contributed by atoms with Crippen LogP contribution in [0.4, 0.5) is 0 Å². The van der Waals surface area contributed by atoms with Gasteiger partial charge >= 0.3 is 0 Å². The van der Waals surface area contributed by atoms with E-state index in [-0.39, 0.29) is 6.04 Å². The van der Waals surface area contributed by atoms with Gasteiger partial charge in [0.05, 0.1) is 11.7 Å². The second-order valence-corrected chi connectivity index (χ2v) is 5.50. The van der Waals surface area contributed by atoms with Gasteiger partial charge in [0, 0.05) is 4.88 Å². The van der Waals surface area contributed by atoms with Gasteiger partial charge in [-0.2, -0.15) is 0 Å². The summed E-state index contributed by atoms with van der Waals surface area (Å²) in [6.45, 7) is 6.27. The summed E-state index contributed by atoms with van der Waals surface area (Å²) in [7, 11) is 0. The van der Waals surface area contributed by atoms with Crippen LogP contribution in [0.1, 0.15) is 39.7 Å². The molecule has 90 valence electrons. The van der Waals surface area contributed by atoms with Crippen LogP contribution in [0.3, 0.4) is 0 Å². The fraction of sp³-hybridized carbons (Fsp3) is 0.357. The highest BCUT2D eigenvalue weighted by molar-refractivity contribution is 7.11. The lowest BCUT2D eigenvalue weighted by molar-refractivity contribution is 0.850. The first-order valence-electron chi connectivity index (χ1n) is 5.90. The van der Waals surface area contributed by atoms with E-state index < -0.39 is 0 Å². The molecule has 2 N–H and O–H groups in total. The van der Waals surface area contributed by atoms with E-state index in [9.17, 15) is 0 Å². The van der Waals surface area contributed by atoms with Gasteiger partial charge in [-0.05, 0) is 31.4 Å². The van der Waals surface area contributed by atoms with Crippen molar-refractivity contribution in [2.75, 3.05) is 0 Å². The van der Waals surface area contributed by atoms with Crippen molar-refractivity contribution in [2.24, 2.45) is 5.73 Å². The molecule has 1 atom stereocenters. The zero-order valence-corrected chi connectivity index (χ0v) is 11.3. The van der Waals surface area contributed by atoms with Gasteiger partial charge in [-0.1, -0.05) is 31.2 Å². The summed E-state index contributed by atoms with van der Waals surface area (Å²) >= 11 is 1.69. The molecule has 0 bridgehead atoms. The molecule has 1 heterocycles. The minimum absolute atomic E-state index is 0.0988. The van der Waals surface area contributed by atoms with Crippen LogP contribution < -0.4 is 5.73 Å². The Hall–Kier alpha value is -1.19. The monoisotopic (exact) mass is 246 g/mol. The topological polar surface area (TPSA) is 38.9 Å². The second kappa shape index (κ2) is 4.98. The van der Waals surface area contributed by atoms with E-state index in [1.165, 1.54) is 10.4 Å². The summed E-state index contributed by atoms with van der Waals surface area (Å²) in [4.78, 5) is 5.77. The Kier molecular flexibility index (Phi) is 3.60. The molecule has 0 radical (unpaired) electrons. The average Bonchev–Trinajstić information content (AvgIpc) is 2.69. The molecule has 1 aromatic carbocycles. The van der Waals surface area contributed by atoms with Crippen molar-refractivity contribution in [1.29, 1.82) is 0 Å². The summed E-state index contributed by atoms with van der Waals surface area (Å²) in [6, 6.07) is 8.40. The van der Waals surface area contributed by atoms with Crippen LogP contribution in [0, 0.1) is 13.8 Å². The minimum Gasteiger partial charge on any atom is -0.318 e. The lowest BCUT2D eigenvalue weighted by Gasteiger charge is -2.09. The average molecular weight is 246 g/mol. The van der Waals surface area contributed by atoms with Gasteiger partial charge in [-0.25, -0.2) is 4.98 Å². The lowest BCUT2D eigenvalue weighted by atomic mass is 10.0. The van der Waals surface area contributed by atoms with E-state index in [1.54, 1.807) is 11.3 Å². The molecule has 1 aromatic heterocycles. The van der Waals surface area contributed by atoms with Crippen molar-refractivity contribution < 1.29 is 0 Å². The van der Waals surface area contributed by atoms with Crippen molar-refractivity contribution in [3.63, 3.8) is 0 Å². The largest absolute Gasteiger partial charge is 0.318 e. The molecule has 2 rings (SSSR count). The molecule has 0 saturated heterocycles. The summed E-state index contributed by atoms with van der Waals surface area (Å²) in [6.07, 6.45) is 1.06. The van der Waals surface area contributed by atoms with Crippen LogP contribution >= 0.6 is 11.3 Å². The van der Waals surface area contributed by atoms with Gasteiger partial charge in [-0.3, -0.25) is 0 Å². The van der Waals surface area contributed by atoms with Crippen molar-refractivity contribution in [3.05, 3.63) is 51.0 Å². The Balaban J connectivity index is 2.26. The van der Waals surface area contributed by atoms with Crippen LogP contribution in [-0.4, -0.2) is 4.98 Å². The lowest BCUT2D eigenvalue weighted by Crippen LogP contribution is -2.11. The van der Waals surface area contributed by atoms with Gasteiger partial charge in [0.1, 0.15) is 5.01 Å². The molecular formula is C14H18N2S. The first-order valence-corrected chi connectivity index (χ1v) is 6.71. The number of nitrogens with zero attached hydrogens (tertiary/aromatic N) is 1. The van der Waals surface area contributed by atoms with E-state index in [2.05, 4.69) is 43.1 Å². The maximum atomic E-state index is 6.24.